The van der Waals surface area contributed by atoms with Crippen LogP contribution in [0.3, 0.4) is 0 Å². The number of halogens is 1. The summed E-state index contributed by atoms with van der Waals surface area (Å²) < 4.78 is 10.3. The Hall–Kier alpha value is -1.50. The van der Waals surface area contributed by atoms with Crippen LogP contribution in [0.1, 0.15) is 19.5 Å². The summed E-state index contributed by atoms with van der Waals surface area (Å²) in [6.45, 7) is 4.94. The van der Waals surface area contributed by atoms with Crippen LogP contribution >= 0.6 is 23.3 Å². The quantitative estimate of drug-likeness (QED) is 0.805. The van der Waals surface area contributed by atoms with Gasteiger partial charge in [-0.25, -0.2) is 4.68 Å². The molecular formula is C13H14ClN5S. The molecule has 0 saturated carbocycles. The van der Waals surface area contributed by atoms with E-state index in [0.717, 1.165) is 29.0 Å². The average molecular weight is 308 g/mol. The van der Waals surface area contributed by atoms with Gasteiger partial charge in [-0.2, -0.15) is 13.8 Å². The Balaban J connectivity index is 1.99. The third-order valence-electron chi connectivity index (χ3n) is 2.92. The standard InChI is InChI=1S/C13H14ClN5S/c1-8(2)15-7-9-5-6-19(16-9)13-10(14)3-4-11-12(13)18-20-17-11/h3-6,8,15H,7H2,1-2H3. The number of hydrogen-bond donors (Lipinski definition) is 1. The Morgan fingerprint density at radius 3 is 2.95 bits per heavy atom. The van der Waals surface area contributed by atoms with E-state index in [1.54, 1.807) is 4.68 Å². The summed E-state index contributed by atoms with van der Waals surface area (Å²) in [5.74, 6) is 0. The number of aromatic nitrogens is 4. The van der Waals surface area contributed by atoms with Crippen molar-refractivity contribution in [3.8, 4) is 5.69 Å². The van der Waals surface area contributed by atoms with Gasteiger partial charge in [0.15, 0.2) is 0 Å². The predicted molar refractivity (Wildman–Crippen MR) is 81.5 cm³/mol. The zero-order chi connectivity index (χ0) is 14.1. The molecule has 1 N–H and O–H groups in total. The highest BCUT2D eigenvalue weighted by Gasteiger charge is 2.13. The van der Waals surface area contributed by atoms with E-state index in [1.807, 2.05) is 24.4 Å². The van der Waals surface area contributed by atoms with Gasteiger partial charge in [0.1, 0.15) is 16.7 Å². The molecule has 20 heavy (non-hydrogen) atoms. The van der Waals surface area contributed by atoms with Crippen LogP contribution in [-0.2, 0) is 6.54 Å². The van der Waals surface area contributed by atoms with Gasteiger partial charge in [0.2, 0.25) is 0 Å². The van der Waals surface area contributed by atoms with Crippen molar-refractivity contribution in [1.82, 2.24) is 23.8 Å². The minimum atomic E-state index is 0.426. The zero-order valence-corrected chi connectivity index (χ0v) is 12.7. The minimum Gasteiger partial charge on any atom is -0.309 e. The summed E-state index contributed by atoms with van der Waals surface area (Å²) in [5, 5.41) is 8.51. The van der Waals surface area contributed by atoms with Gasteiger partial charge in [0, 0.05) is 18.8 Å². The molecule has 3 aromatic rings. The molecule has 0 radical (unpaired) electrons. The van der Waals surface area contributed by atoms with Gasteiger partial charge in [-0.05, 0) is 18.2 Å². The molecule has 0 amide bonds. The van der Waals surface area contributed by atoms with Gasteiger partial charge in [0.25, 0.3) is 0 Å². The average Bonchev–Trinajstić information content (AvgIpc) is 3.04. The lowest BCUT2D eigenvalue weighted by Gasteiger charge is -2.06. The van der Waals surface area contributed by atoms with Crippen molar-refractivity contribution >= 4 is 34.4 Å². The normalized spacial score (nSPS) is 11.6. The summed E-state index contributed by atoms with van der Waals surface area (Å²) in [6, 6.07) is 6.10. The van der Waals surface area contributed by atoms with Gasteiger partial charge in [-0.15, -0.1) is 0 Å². The van der Waals surface area contributed by atoms with E-state index >= 15 is 0 Å². The maximum Gasteiger partial charge on any atom is 0.131 e. The van der Waals surface area contributed by atoms with Gasteiger partial charge >= 0.3 is 0 Å². The molecule has 0 spiro atoms. The van der Waals surface area contributed by atoms with E-state index in [2.05, 4.69) is 33.0 Å². The van der Waals surface area contributed by atoms with Crippen molar-refractivity contribution in [3.63, 3.8) is 0 Å². The zero-order valence-electron chi connectivity index (χ0n) is 11.2. The van der Waals surface area contributed by atoms with Crippen LogP contribution in [0.4, 0.5) is 0 Å². The van der Waals surface area contributed by atoms with Gasteiger partial charge in [0.05, 0.1) is 22.4 Å². The molecule has 2 aromatic heterocycles. The number of nitrogens with zero attached hydrogens (tertiary/aromatic N) is 4. The third-order valence-corrected chi connectivity index (χ3v) is 3.76. The molecule has 7 heteroatoms. The molecule has 0 aliphatic heterocycles. The Kier molecular flexibility index (Phi) is 3.69. The monoisotopic (exact) mass is 307 g/mol. The van der Waals surface area contributed by atoms with Crippen LogP contribution in [0, 0.1) is 0 Å². The first-order valence-electron chi connectivity index (χ1n) is 6.34. The summed E-state index contributed by atoms with van der Waals surface area (Å²) >= 11 is 7.47. The van der Waals surface area contributed by atoms with E-state index in [4.69, 9.17) is 11.6 Å². The van der Waals surface area contributed by atoms with E-state index < -0.39 is 0 Å². The highest BCUT2D eigenvalue weighted by Crippen LogP contribution is 2.28. The highest BCUT2D eigenvalue weighted by atomic mass is 35.5. The van der Waals surface area contributed by atoms with Crippen molar-refractivity contribution in [2.75, 3.05) is 0 Å². The Morgan fingerprint density at radius 2 is 2.15 bits per heavy atom. The molecule has 0 unspecified atom stereocenters. The lowest BCUT2D eigenvalue weighted by molar-refractivity contribution is 0.578. The molecular weight excluding hydrogens is 294 g/mol. The van der Waals surface area contributed by atoms with Crippen molar-refractivity contribution in [2.24, 2.45) is 0 Å². The van der Waals surface area contributed by atoms with Gasteiger partial charge in [-0.1, -0.05) is 25.4 Å². The Labute approximate surface area is 125 Å². The molecule has 0 aliphatic rings. The maximum atomic E-state index is 6.29. The number of nitrogens with one attached hydrogen (secondary N) is 1. The molecule has 104 valence electrons. The van der Waals surface area contributed by atoms with Gasteiger partial charge in [-0.3, -0.25) is 0 Å². The lowest BCUT2D eigenvalue weighted by atomic mass is 10.2. The van der Waals surface area contributed by atoms with Crippen LogP contribution < -0.4 is 5.32 Å². The molecule has 3 rings (SSSR count). The summed E-state index contributed by atoms with van der Waals surface area (Å²) in [7, 11) is 0. The second-order valence-electron chi connectivity index (χ2n) is 4.82. The second-order valence-corrected chi connectivity index (χ2v) is 5.75. The van der Waals surface area contributed by atoms with Crippen LogP contribution in [0.25, 0.3) is 16.7 Å². The largest absolute Gasteiger partial charge is 0.309 e. The van der Waals surface area contributed by atoms with Crippen molar-refractivity contribution in [2.45, 2.75) is 26.4 Å². The van der Waals surface area contributed by atoms with Gasteiger partial charge < -0.3 is 5.32 Å². The van der Waals surface area contributed by atoms with Crippen molar-refractivity contribution < 1.29 is 0 Å². The summed E-state index contributed by atoms with van der Waals surface area (Å²) in [6.07, 6.45) is 1.90. The minimum absolute atomic E-state index is 0.426. The summed E-state index contributed by atoms with van der Waals surface area (Å²) in [4.78, 5) is 0. The van der Waals surface area contributed by atoms with Crippen LogP contribution in [0.5, 0.6) is 0 Å². The molecule has 1 aromatic carbocycles. The third kappa shape index (κ3) is 2.54. The topological polar surface area (TPSA) is 55.6 Å². The Morgan fingerprint density at radius 1 is 1.30 bits per heavy atom. The maximum absolute atomic E-state index is 6.29. The molecule has 0 aliphatic carbocycles. The number of fused-ring (bicyclic) bond motifs is 1. The molecule has 5 nitrogen and oxygen atoms in total. The lowest BCUT2D eigenvalue weighted by Crippen LogP contribution is -2.22. The fourth-order valence-corrected chi connectivity index (χ4v) is 2.70. The molecule has 0 atom stereocenters. The molecule has 2 heterocycles. The number of rotatable bonds is 4. The first-order chi connectivity index (χ1) is 9.65. The van der Waals surface area contributed by atoms with E-state index in [0.29, 0.717) is 11.1 Å². The summed E-state index contributed by atoms with van der Waals surface area (Å²) in [5.41, 5.74) is 3.38. The van der Waals surface area contributed by atoms with Crippen molar-refractivity contribution in [1.29, 1.82) is 0 Å². The molecule has 0 saturated heterocycles. The Bertz CT molecular complexity index is 733. The van der Waals surface area contributed by atoms with Crippen LogP contribution in [0.15, 0.2) is 24.4 Å². The van der Waals surface area contributed by atoms with Crippen LogP contribution in [0.2, 0.25) is 5.02 Å². The van der Waals surface area contributed by atoms with Crippen LogP contribution in [-0.4, -0.2) is 24.6 Å². The molecule has 0 bridgehead atoms. The number of benzene rings is 1. The fraction of sp³-hybridized carbons (Fsp3) is 0.308. The van der Waals surface area contributed by atoms with E-state index in [1.165, 1.54) is 11.7 Å². The van der Waals surface area contributed by atoms with Crippen molar-refractivity contribution in [3.05, 3.63) is 35.1 Å². The number of hydrogen-bond acceptors (Lipinski definition) is 5. The fourth-order valence-electron chi connectivity index (χ4n) is 1.92. The highest BCUT2D eigenvalue weighted by molar-refractivity contribution is 7.00. The molecule has 0 fully saturated rings. The SMILES string of the molecule is CC(C)NCc1ccn(-c2c(Cl)ccc3nsnc23)n1. The smallest absolute Gasteiger partial charge is 0.131 e. The van der Waals surface area contributed by atoms with E-state index in [9.17, 15) is 0 Å². The van der Waals surface area contributed by atoms with E-state index in [-0.39, 0.29) is 0 Å². The first-order valence-corrected chi connectivity index (χ1v) is 7.45. The second kappa shape index (κ2) is 5.47. The predicted octanol–water partition coefficient (Wildman–Crippen LogP) is 3.03. The first kappa shape index (κ1) is 13.5.